The Balaban J connectivity index is 1.78. The first-order valence-corrected chi connectivity index (χ1v) is 10.8. The van der Waals surface area contributed by atoms with E-state index in [4.69, 9.17) is 23.2 Å². The predicted molar refractivity (Wildman–Crippen MR) is 119 cm³/mol. The average Bonchev–Trinajstić information content (AvgIpc) is 3.08. The van der Waals surface area contributed by atoms with Crippen LogP contribution in [0.15, 0.2) is 48.5 Å². The highest BCUT2D eigenvalue weighted by Gasteiger charge is 2.28. The lowest BCUT2D eigenvalue weighted by Crippen LogP contribution is -2.45. The minimum Gasteiger partial charge on any atom is -0.391 e. The van der Waals surface area contributed by atoms with Gasteiger partial charge in [-0.05, 0) is 56.2 Å². The number of carbonyl (C=O) groups excluding carboxylic acids is 1. The molecular weight excluding hydrogens is 421 g/mol. The summed E-state index contributed by atoms with van der Waals surface area (Å²) >= 11 is 12.5. The summed E-state index contributed by atoms with van der Waals surface area (Å²) in [5.74, 6) is 0.286. The second-order valence-electron chi connectivity index (χ2n) is 7.59. The lowest BCUT2D eigenvalue weighted by Gasteiger charge is -2.28. The first-order valence-electron chi connectivity index (χ1n) is 10.0. The van der Waals surface area contributed by atoms with Gasteiger partial charge in [0.25, 0.3) is 5.91 Å². The van der Waals surface area contributed by atoms with Crippen LogP contribution in [0.4, 0.5) is 0 Å². The standard InChI is InChI=1S/C23H23Cl2N3O2/c1-14-21(23(30)26-19-8-4-5-9-20(19)29)27-22(17-6-2-3-7-18(17)25)28(14)16-12-10-15(24)11-13-16/h2-3,6-7,10-13,19-20,29H,4-5,8-9H2,1H3,(H,26,30)/t19-,20-/m0/s1. The van der Waals surface area contributed by atoms with Crippen LogP contribution in [-0.4, -0.2) is 32.7 Å². The van der Waals surface area contributed by atoms with Crippen LogP contribution in [0.25, 0.3) is 17.1 Å². The molecule has 30 heavy (non-hydrogen) atoms. The molecular formula is C23H23Cl2N3O2. The second kappa shape index (κ2) is 8.80. The van der Waals surface area contributed by atoms with Crippen molar-refractivity contribution in [3.8, 4) is 17.1 Å². The zero-order chi connectivity index (χ0) is 21.3. The van der Waals surface area contributed by atoms with Gasteiger partial charge in [0.2, 0.25) is 0 Å². The van der Waals surface area contributed by atoms with Crippen LogP contribution >= 0.6 is 23.2 Å². The largest absolute Gasteiger partial charge is 0.391 e. The van der Waals surface area contributed by atoms with Crippen LogP contribution in [0, 0.1) is 6.92 Å². The molecule has 1 aliphatic carbocycles. The smallest absolute Gasteiger partial charge is 0.272 e. The Kier molecular flexibility index (Phi) is 6.14. The first-order chi connectivity index (χ1) is 14.5. The Bertz CT molecular complexity index is 1060. The number of rotatable bonds is 4. The number of aliphatic hydroxyl groups is 1. The molecule has 4 rings (SSSR count). The van der Waals surface area contributed by atoms with Crippen LogP contribution in [0.2, 0.25) is 10.0 Å². The van der Waals surface area contributed by atoms with Crippen LogP contribution in [-0.2, 0) is 0 Å². The Morgan fingerprint density at radius 1 is 1.10 bits per heavy atom. The molecule has 2 atom stereocenters. The van der Waals surface area contributed by atoms with E-state index in [1.54, 1.807) is 18.2 Å². The van der Waals surface area contributed by atoms with Crippen LogP contribution in [0.3, 0.4) is 0 Å². The number of halogens is 2. The number of nitrogens with zero attached hydrogens (tertiary/aromatic N) is 2. The van der Waals surface area contributed by atoms with Gasteiger partial charge in [0.1, 0.15) is 11.5 Å². The maximum Gasteiger partial charge on any atom is 0.272 e. The molecule has 1 heterocycles. The number of imidazole rings is 1. The molecule has 1 aliphatic rings. The third-order valence-corrected chi connectivity index (χ3v) is 6.15. The number of nitrogens with one attached hydrogen (secondary N) is 1. The number of hydrogen-bond donors (Lipinski definition) is 2. The molecule has 0 aliphatic heterocycles. The maximum absolute atomic E-state index is 13.1. The monoisotopic (exact) mass is 443 g/mol. The van der Waals surface area contributed by atoms with Crippen molar-refractivity contribution in [1.29, 1.82) is 0 Å². The fourth-order valence-electron chi connectivity index (χ4n) is 3.96. The Hall–Kier alpha value is -2.34. The van der Waals surface area contributed by atoms with Gasteiger partial charge in [0.15, 0.2) is 0 Å². The Morgan fingerprint density at radius 2 is 1.80 bits per heavy atom. The van der Waals surface area contributed by atoms with Crippen LogP contribution in [0.1, 0.15) is 41.9 Å². The van der Waals surface area contributed by atoms with Gasteiger partial charge in [-0.1, -0.05) is 48.2 Å². The zero-order valence-electron chi connectivity index (χ0n) is 16.6. The molecule has 1 aromatic heterocycles. The van der Waals surface area contributed by atoms with Gasteiger partial charge in [-0.25, -0.2) is 4.98 Å². The quantitative estimate of drug-likeness (QED) is 0.582. The molecule has 0 saturated heterocycles. The first kappa shape index (κ1) is 20.9. The molecule has 1 fully saturated rings. The van der Waals surface area contributed by atoms with Crippen molar-refractivity contribution < 1.29 is 9.90 Å². The van der Waals surface area contributed by atoms with Crippen molar-refractivity contribution in [2.24, 2.45) is 0 Å². The molecule has 3 aromatic rings. The summed E-state index contributed by atoms with van der Waals surface area (Å²) in [6.45, 7) is 1.86. The summed E-state index contributed by atoms with van der Waals surface area (Å²) < 4.78 is 1.91. The minimum atomic E-state index is -0.524. The summed E-state index contributed by atoms with van der Waals surface area (Å²) in [6.07, 6.45) is 2.92. The summed E-state index contributed by atoms with van der Waals surface area (Å²) in [4.78, 5) is 17.8. The number of carbonyl (C=O) groups is 1. The third-order valence-electron chi connectivity index (χ3n) is 5.57. The molecule has 0 spiro atoms. The molecule has 0 radical (unpaired) electrons. The molecule has 2 N–H and O–H groups in total. The van der Waals surface area contributed by atoms with Crippen molar-refractivity contribution in [2.45, 2.75) is 44.8 Å². The summed E-state index contributed by atoms with van der Waals surface area (Å²) in [7, 11) is 0. The van der Waals surface area contributed by atoms with E-state index in [2.05, 4.69) is 10.3 Å². The third kappa shape index (κ3) is 4.10. The zero-order valence-corrected chi connectivity index (χ0v) is 18.1. The van der Waals surface area contributed by atoms with E-state index in [0.717, 1.165) is 30.5 Å². The molecule has 0 bridgehead atoms. The van der Waals surface area contributed by atoms with E-state index in [9.17, 15) is 9.90 Å². The number of hydrogen-bond acceptors (Lipinski definition) is 3. The summed E-state index contributed by atoms with van der Waals surface area (Å²) in [6, 6.07) is 14.5. The lowest BCUT2D eigenvalue weighted by molar-refractivity contribution is 0.0713. The van der Waals surface area contributed by atoms with E-state index >= 15 is 0 Å². The van der Waals surface area contributed by atoms with Gasteiger partial charge in [-0.2, -0.15) is 0 Å². The summed E-state index contributed by atoms with van der Waals surface area (Å²) in [5, 5.41) is 14.4. The highest BCUT2D eigenvalue weighted by atomic mass is 35.5. The molecule has 1 saturated carbocycles. The lowest BCUT2D eigenvalue weighted by atomic mass is 9.92. The summed E-state index contributed by atoms with van der Waals surface area (Å²) in [5.41, 5.74) is 2.57. The van der Waals surface area contributed by atoms with E-state index in [0.29, 0.717) is 33.7 Å². The number of amides is 1. The molecule has 7 heteroatoms. The van der Waals surface area contributed by atoms with Gasteiger partial charge in [0, 0.05) is 16.3 Å². The maximum atomic E-state index is 13.1. The number of benzene rings is 2. The predicted octanol–water partition coefficient (Wildman–Crippen LogP) is 5.19. The van der Waals surface area contributed by atoms with Gasteiger partial charge < -0.3 is 10.4 Å². The number of aromatic nitrogens is 2. The fraction of sp³-hybridized carbons (Fsp3) is 0.304. The van der Waals surface area contributed by atoms with Crippen molar-refractivity contribution in [3.05, 3.63) is 70.0 Å². The topological polar surface area (TPSA) is 67.2 Å². The second-order valence-corrected chi connectivity index (χ2v) is 8.44. The van der Waals surface area contributed by atoms with Gasteiger partial charge in [-0.15, -0.1) is 0 Å². The molecule has 156 valence electrons. The molecule has 2 aromatic carbocycles. The molecule has 1 amide bonds. The minimum absolute atomic E-state index is 0.255. The van der Waals surface area contributed by atoms with Crippen LogP contribution in [0.5, 0.6) is 0 Å². The highest BCUT2D eigenvalue weighted by Crippen LogP contribution is 2.32. The fourth-order valence-corrected chi connectivity index (χ4v) is 4.31. The SMILES string of the molecule is Cc1c(C(=O)N[C@H]2CCCC[C@@H]2O)nc(-c2ccccc2Cl)n1-c1ccc(Cl)cc1. The highest BCUT2D eigenvalue weighted by molar-refractivity contribution is 6.33. The molecule has 0 unspecified atom stereocenters. The molecule has 5 nitrogen and oxygen atoms in total. The van der Waals surface area contributed by atoms with Crippen molar-refractivity contribution in [2.75, 3.05) is 0 Å². The van der Waals surface area contributed by atoms with Gasteiger partial charge in [-0.3, -0.25) is 9.36 Å². The van der Waals surface area contributed by atoms with E-state index in [1.807, 2.05) is 41.8 Å². The normalized spacial score (nSPS) is 18.9. The van der Waals surface area contributed by atoms with Crippen molar-refractivity contribution in [3.63, 3.8) is 0 Å². The number of aliphatic hydroxyl groups excluding tert-OH is 1. The van der Waals surface area contributed by atoms with Gasteiger partial charge >= 0.3 is 0 Å². The van der Waals surface area contributed by atoms with Crippen molar-refractivity contribution >= 4 is 29.1 Å². The van der Waals surface area contributed by atoms with Gasteiger partial charge in [0.05, 0.1) is 22.9 Å². The van der Waals surface area contributed by atoms with E-state index in [1.165, 1.54) is 0 Å². The van der Waals surface area contributed by atoms with Crippen molar-refractivity contribution in [1.82, 2.24) is 14.9 Å². The van der Waals surface area contributed by atoms with Crippen LogP contribution < -0.4 is 5.32 Å². The van der Waals surface area contributed by atoms with E-state index < -0.39 is 6.10 Å². The Labute approximate surface area is 185 Å². The average molecular weight is 444 g/mol. The van der Waals surface area contributed by atoms with E-state index in [-0.39, 0.29) is 11.9 Å². The Morgan fingerprint density at radius 3 is 2.50 bits per heavy atom.